The Bertz CT molecular complexity index is 635. The average molecular weight is 564 g/mol. The molecule has 0 radical (unpaired) electrons. The van der Waals surface area contributed by atoms with Crippen LogP contribution in [-0.2, 0) is 9.53 Å². The van der Waals surface area contributed by atoms with Crippen molar-refractivity contribution in [2.75, 3.05) is 6.61 Å². The molecule has 2 unspecified atom stereocenters. The van der Waals surface area contributed by atoms with Crippen LogP contribution in [0.1, 0.15) is 162 Å². The number of aliphatic hydroxyl groups is 2. The first-order valence-electron chi connectivity index (χ1n) is 17.2. The largest absolute Gasteiger partial charge is 0.394 e. The third kappa shape index (κ3) is 21.6. The molecule has 40 heavy (non-hydrogen) atoms. The second-order valence-corrected chi connectivity index (χ2v) is 12.0. The maximum atomic E-state index is 12.3. The highest BCUT2D eigenvalue weighted by Crippen LogP contribution is 2.30. The Hall–Kier alpha value is -1.17. The van der Waals surface area contributed by atoms with Gasteiger partial charge in [-0.2, -0.15) is 0 Å². The summed E-state index contributed by atoms with van der Waals surface area (Å²) < 4.78 is 5.79. The van der Waals surface area contributed by atoms with E-state index in [0.717, 1.165) is 44.9 Å². The first-order chi connectivity index (χ1) is 19.6. The van der Waals surface area contributed by atoms with E-state index in [-0.39, 0.29) is 12.5 Å². The van der Waals surface area contributed by atoms with Crippen molar-refractivity contribution in [2.24, 2.45) is 0 Å². The van der Waals surface area contributed by atoms with Gasteiger partial charge in [-0.15, -0.1) is 0 Å². The van der Waals surface area contributed by atoms with Gasteiger partial charge >= 0.3 is 0 Å². The first-order valence-corrected chi connectivity index (χ1v) is 17.2. The van der Waals surface area contributed by atoms with Crippen LogP contribution in [0.25, 0.3) is 0 Å². The number of aliphatic hydroxyl groups excluding tert-OH is 2. The Morgan fingerprint density at radius 2 is 1.27 bits per heavy atom. The predicted octanol–water partition coefficient (Wildman–Crippen LogP) is 8.72. The molecule has 1 fully saturated rings. The Labute approximate surface area is 247 Å². The van der Waals surface area contributed by atoms with Crippen LogP contribution in [0.2, 0.25) is 0 Å². The van der Waals surface area contributed by atoms with E-state index in [1.165, 1.54) is 96.3 Å². The minimum absolute atomic E-state index is 0.0850. The highest BCUT2D eigenvalue weighted by molar-refractivity contribution is 5.76. The van der Waals surface area contributed by atoms with Crippen molar-refractivity contribution < 1.29 is 19.7 Å². The molecule has 0 aromatic carbocycles. The molecule has 3 N–H and O–H groups in total. The molecule has 5 heteroatoms. The van der Waals surface area contributed by atoms with Crippen molar-refractivity contribution >= 4 is 5.91 Å². The molecule has 0 saturated carbocycles. The number of allylic oxidation sites excluding steroid dienone is 2. The maximum Gasteiger partial charge on any atom is 0.220 e. The van der Waals surface area contributed by atoms with Gasteiger partial charge in [0.15, 0.2) is 0 Å². The monoisotopic (exact) mass is 563 g/mol. The first kappa shape index (κ1) is 36.9. The van der Waals surface area contributed by atoms with Crippen LogP contribution < -0.4 is 5.32 Å². The van der Waals surface area contributed by atoms with Crippen molar-refractivity contribution in [3.8, 4) is 0 Å². The zero-order chi connectivity index (χ0) is 29.1. The van der Waals surface area contributed by atoms with E-state index in [9.17, 15) is 15.0 Å². The molecule has 1 saturated heterocycles. The van der Waals surface area contributed by atoms with Crippen molar-refractivity contribution in [2.45, 2.75) is 186 Å². The number of ether oxygens (including phenoxy) is 1. The number of rotatable bonds is 29. The standard InChI is InChI=1S/C35H65NO4/c1-3-5-7-9-11-12-13-14-15-16-18-22-26-32(38)31(30-37)36-35(39)29-25-21-17-20-24-28-34-33(40-34)27-23-19-10-8-6-4-2/h19,22-23,26,31-34,37-38H,3-18,20-21,24-25,27-30H2,1-2H3,(H,36,39)/b23-19-,26-22+/t31-,32+,33?,34?/m0/s1. The van der Waals surface area contributed by atoms with E-state index >= 15 is 0 Å². The molecule has 0 aliphatic carbocycles. The van der Waals surface area contributed by atoms with Gasteiger partial charge in [0.2, 0.25) is 5.91 Å². The minimum atomic E-state index is -0.845. The molecule has 1 rings (SSSR count). The summed E-state index contributed by atoms with van der Waals surface area (Å²) >= 11 is 0. The lowest BCUT2D eigenvalue weighted by molar-refractivity contribution is -0.123. The summed E-state index contributed by atoms with van der Waals surface area (Å²) in [5.41, 5.74) is 0. The summed E-state index contributed by atoms with van der Waals surface area (Å²) in [5.74, 6) is -0.0850. The molecular weight excluding hydrogens is 498 g/mol. The number of epoxide rings is 1. The van der Waals surface area contributed by atoms with Crippen LogP contribution in [0.15, 0.2) is 24.3 Å². The fourth-order valence-corrected chi connectivity index (χ4v) is 5.30. The molecule has 4 atom stereocenters. The smallest absolute Gasteiger partial charge is 0.220 e. The summed E-state index contributed by atoms with van der Waals surface area (Å²) in [7, 11) is 0. The summed E-state index contributed by atoms with van der Waals surface area (Å²) in [6, 6.07) is -0.630. The molecule has 0 spiro atoms. The van der Waals surface area contributed by atoms with Gasteiger partial charge in [-0.05, 0) is 44.9 Å². The minimum Gasteiger partial charge on any atom is -0.394 e. The Balaban J connectivity index is 1.96. The third-order valence-corrected chi connectivity index (χ3v) is 8.10. The maximum absolute atomic E-state index is 12.3. The van der Waals surface area contributed by atoms with Crippen molar-refractivity contribution in [1.82, 2.24) is 5.32 Å². The molecular formula is C35H65NO4. The van der Waals surface area contributed by atoms with E-state index in [1.807, 2.05) is 6.08 Å². The Morgan fingerprint density at radius 1 is 0.725 bits per heavy atom. The highest BCUT2D eigenvalue weighted by Gasteiger charge is 2.36. The summed E-state index contributed by atoms with van der Waals surface area (Å²) in [6.07, 6.45) is 35.6. The van der Waals surface area contributed by atoms with Gasteiger partial charge in [0.05, 0.1) is 31.0 Å². The number of hydrogen-bond donors (Lipinski definition) is 3. The van der Waals surface area contributed by atoms with Gasteiger partial charge in [0.1, 0.15) is 0 Å². The summed E-state index contributed by atoms with van der Waals surface area (Å²) in [6.45, 7) is 4.24. The Morgan fingerprint density at radius 3 is 1.95 bits per heavy atom. The number of nitrogens with one attached hydrogen (secondary N) is 1. The topological polar surface area (TPSA) is 82.1 Å². The second kappa shape index (κ2) is 26.7. The van der Waals surface area contributed by atoms with E-state index in [2.05, 4.69) is 31.3 Å². The van der Waals surface area contributed by atoms with Crippen LogP contribution in [0.5, 0.6) is 0 Å². The molecule has 5 nitrogen and oxygen atoms in total. The van der Waals surface area contributed by atoms with Crippen molar-refractivity contribution in [3.05, 3.63) is 24.3 Å². The molecule has 1 heterocycles. The third-order valence-electron chi connectivity index (χ3n) is 8.10. The number of hydrogen-bond acceptors (Lipinski definition) is 4. The second-order valence-electron chi connectivity index (χ2n) is 12.0. The molecule has 1 amide bonds. The molecule has 1 aliphatic rings. The van der Waals surface area contributed by atoms with Gasteiger partial charge in [-0.1, -0.05) is 134 Å². The zero-order valence-corrected chi connectivity index (χ0v) is 26.3. The highest BCUT2D eigenvalue weighted by atomic mass is 16.6. The molecule has 0 aromatic heterocycles. The van der Waals surface area contributed by atoms with E-state index in [4.69, 9.17) is 4.74 Å². The lowest BCUT2D eigenvalue weighted by Crippen LogP contribution is -2.45. The molecule has 0 bridgehead atoms. The van der Waals surface area contributed by atoms with Crippen LogP contribution >= 0.6 is 0 Å². The quantitative estimate of drug-likeness (QED) is 0.0483. The Kier molecular flexibility index (Phi) is 24.6. The number of unbranched alkanes of at least 4 members (excludes halogenated alkanes) is 17. The zero-order valence-electron chi connectivity index (χ0n) is 26.3. The van der Waals surface area contributed by atoms with Gasteiger partial charge in [0, 0.05) is 6.42 Å². The van der Waals surface area contributed by atoms with Crippen LogP contribution in [0, 0.1) is 0 Å². The number of carbonyl (C=O) groups is 1. The van der Waals surface area contributed by atoms with Gasteiger partial charge in [0.25, 0.3) is 0 Å². The van der Waals surface area contributed by atoms with Gasteiger partial charge in [-0.25, -0.2) is 0 Å². The number of amides is 1. The van der Waals surface area contributed by atoms with Crippen LogP contribution in [0.4, 0.5) is 0 Å². The van der Waals surface area contributed by atoms with Crippen molar-refractivity contribution in [1.29, 1.82) is 0 Å². The number of carbonyl (C=O) groups excluding carboxylic acids is 1. The summed E-state index contributed by atoms with van der Waals surface area (Å²) in [5, 5.41) is 22.8. The normalized spacial score (nSPS) is 18.5. The van der Waals surface area contributed by atoms with Gasteiger partial charge < -0.3 is 20.3 Å². The van der Waals surface area contributed by atoms with E-state index < -0.39 is 12.1 Å². The lowest BCUT2D eigenvalue weighted by atomic mass is 10.0. The van der Waals surface area contributed by atoms with E-state index in [1.54, 1.807) is 6.08 Å². The molecule has 0 aromatic rings. The fraction of sp³-hybridized carbons (Fsp3) is 0.857. The molecule has 234 valence electrons. The van der Waals surface area contributed by atoms with Crippen LogP contribution in [-0.4, -0.2) is 47.1 Å². The summed E-state index contributed by atoms with van der Waals surface area (Å²) in [4.78, 5) is 12.3. The fourth-order valence-electron chi connectivity index (χ4n) is 5.30. The van der Waals surface area contributed by atoms with Crippen molar-refractivity contribution in [3.63, 3.8) is 0 Å². The van der Waals surface area contributed by atoms with Gasteiger partial charge in [-0.3, -0.25) is 4.79 Å². The SMILES string of the molecule is CCCCC/C=C\CC1OC1CCCCCCCC(=O)N[C@@H](CO)[C@H](O)/C=C/CCCCCCCCCCCC. The molecule has 1 aliphatic heterocycles. The van der Waals surface area contributed by atoms with E-state index in [0.29, 0.717) is 18.6 Å². The average Bonchev–Trinajstić information content (AvgIpc) is 3.71. The predicted molar refractivity (Wildman–Crippen MR) is 170 cm³/mol. The van der Waals surface area contributed by atoms with Crippen LogP contribution in [0.3, 0.4) is 0 Å². The lowest BCUT2D eigenvalue weighted by Gasteiger charge is -2.20.